The van der Waals surface area contributed by atoms with E-state index in [1.54, 1.807) is 17.0 Å². The van der Waals surface area contributed by atoms with Crippen molar-refractivity contribution >= 4 is 27.8 Å². The van der Waals surface area contributed by atoms with Crippen LogP contribution in [0.1, 0.15) is 33.6 Å². The zero-order valence-electron chi connectivity index (χ0n) is 10.3. The van der Waals surface area contributed by atoms with Crippen LogP contribution >= 0.6 is 15.9 Å². The summed E-state index contributed by atoms with van der Waals surface area (Å²) in [7, 11) is 0. The van der Waals surface area contributed by atoms with Crippen LogP contribution in [0.15, 0.2) is 34.8 Å². The van der Waals surface area contributed by atoms with Gasteiger partial charge < -0.3 is 10.0 Å². The molecule has 1 N–H and O–H groups in total. The van der Waals surface area contributed by atoms with E-state index < -0.39 is 5.97 Å². The molecular formula is C14H14BrNO3. The Labute approximate surface area is 119 Å². The summed E-state index contributed by atoms with van der Waals surface area (Å²) < 4.78 is 0. The Morgan fingerprint density at radius 3 is 2.11 bits per heavy atom. The maximum absolute atomic E-state index is 12.2. The molecule has 1 aromatic rings. The molecule has 0 radical (unpaired) electrons. The highest BCUT2D eigenvalue weighted by Gasteiger charge is 2.20. The first-order valence-corrected chi connectivity index (χ1v) is 6.94. The average molecular weight is 324 g/mol. The number of carbonyl (C=O) groups excluding carboxylic acids is 1. The second-order valence-corrected chi connectivity index (χ2v) is 4.90. The topological polar surface area (TPSA) is 57.6 Å². The molecule has 1 fully saturated rings. The lowest BCUT2D eigenvalue weighted by atomic mass is 10.0. The summed E-state index contributed by atoms with van der Waals surface area (Å²) in [6.07, 6.45) is 1.76. The lowest BCUT2D eigenvalue weighted by molar-refractivity contribution is 0.0693. The Bertz CT molecular complexity index is 512. The Morgan fingerprint density at radius 1 is 1.11 bits per heavy atom. The Kier molecular flexibility index (Phi) is 4.37. The molecule has 1 heterocycles. The van der Waals surface area contributed by atoms with Gasteiger partial charge in [-0.15, -0.1) is 0 Å². The number of likely N-dealkylation sites (tertiary alicyclic amines) is 1. The van der Waals surface area contributed by atoms with Crippen LogP contribution in [0.2, 0.25) is 0 Å². The number of rotatable bonds is 2. The van der Waals surface area contributed by atoms with Crippen molar-refractivity contribution in [2.45, 2.75) is 12.8 Å². The van der Waals surface area contributed by atoms with Crippen LogP contribution in [0.3, 0.4) is 0 Å². The van der Waals surface area contributed by atoms with Crippen LogP contribution in [0, 0.1) is 0 Å². The third-order valence-corrected chi connectivity index (χ3v) is 3.87. The summed E-state index contributed by atoms with van der Waals surface area (Å²) in [6, 6.07) is 6.07. The van der Waals surface area contributed by atoms with Crippen LogP contribution in [0.25, 0.3) is 0 Å². The minimum absolute atomic E-state index is 0.0365. The smallest absolute Gasteiger partial charge is 0.335 e. The molecular weight excluding hydrogens is 310 g/mol. The average Bonchev–Trinajstić information content (AvgIpc) is 2.46. The molecule has 0 aliphatic carbocycles. The van der Waals surface area contributed by atoms with Crippen LogP contribution in [0.5, 0.6) is 0 Å². The van der Waals surface area contributed by atoms with E-state index in [0.29, 0.717) is 18.7 Å². The summed E-state index contributed by atoms with van der Waals surface area (Å²) in [4.78, 5) is 26.7. The molecule has 1 aliphatic heterocycles. The Morgan fingerprint density at radius 2 is 1.63 bits per heavy atom. The summed E-state index contributed by atoms with van der Waals surface area (Å²) >= 11 is 3.31. The van der Waals surface area contributed by atoms with Crippen LogP contribution in [-0.2, 0) is 0 Å². The van der Waals surface area contributed by atoms with E-state index in [9.17, 15) is 9.59 Å². The van der Waals surface area contributed by atoms with Crippen molar-refractivity contribution in [3.63, 3.8) is 0 Å². The van der Waals surface area contributed by atoms with E-state index in [-0.39, 0.29) is 11.5 Å². The number of hydrogen-bond donors (Lipinski definition) is 1. The first kappa shape index (κ1) is 13.8. The molecule has 0 bridgehead atoms. The van der Waals surface area contributed by atoms with Crippen molar-refractivity contribution in [2.75, 3.05) is 13.1 Å². The van der Waals surface area contributed by atoms with Gasteiger partial charge in [0.05, 0.1) is 5.56 Å². The second-order valence-electron chi connectivity index (χ2n) is 4.44. The molecule has 4 nitrogen and oxygen atoms in total. The maximum Gasteiger partial charge on any atom is 0.335 e. The molecule has 0 spiro atoms. The van der Waals surface area contributed by atoms with Gasteiger partial charge in [-0.3, -0.25) is 4.79 Å². The first-order chi connectivity index (χ1) is 9.11. The molecule has 0 unspecified atom stereocenters. The minimum atomic E-state index is -0.982. The first-order valence-electron chi connectivity index (χ1n) is 6.02. The van der Waals surface area contributed by atoms with Gasteiger partial charge in [-0.05, 0) is 42.1 Å². The molecule has 1 aromatic carbocycles. The minimum Gasteiger partial charge on any atom is -0.478 e. The predicted molar refractivity (Wildman–Crippen MR) is 75.5 cm³/mol. The molecule has 0 atom stereocenters. The number of halogens is 1. The SMILES string of the molecule is O=C(O)c1ccc(C(=O)N2CCC(=CBr)CC2)cc1. The number of aromatic carboxylic acids is 1. The van der Waals surface area contributed by atoms with Crippen molar-refractivity contribution in [1.82, 2.24) is 4.90 Å². The zero-order valence-corrected chi connectivity index (χ0v) is 11.9. The fourth-order valence-corrected chi connectivity index (χ4v) is 2.50. The monoisotopic (exact) mass is 323 g/mol. The van der Waals surface area contributed by atoms with Gasteiger partial charge in [0.1, 0.15) is 0 Å². The lowest BCUT2D eigenvalue weighted by Crippen LogP contribution is -2.36. The molecule has 5 heteroatoms. The third kappa shape index (κ3) is 3.23. The Balaban J connectivity index is 2.06. The van der Waals surface area contributed by atoms with E-state index in [0.717, 1.165) is 12.8 Å². The maximum atomic E-state index is 12.2. The molecule has 1 amide bonds. The summed E-state index contributed by atoms with van der Waals surface area (Å²) in [5.41, 5.74) is 2.04. The number of carboxylic acids is 1. The van der Waals surface area contributed by atoms with E-state index in [1.807, 2.05) is 4.99 Å². The molecule has 19 heavy (non-hydrogen) atoms. The number of hydrogen-bond acceptors (Lipinski definition) is 2. The van der Waals surface area contributed by atoms with Gasteiger partial charge >= 0.3 is 5.97 Å². The molecule has 0 saturated carbocycles. The summed E-state index contributed by atoms with van der Waals surface area (Å²) in [5, 5.41) is 8.81. The van der Waals surface area contributed by atoms with Gasteiger partial charge in [0.2, 0.25) is 0 Å². The van der Waals surface area contributed by atoms with Gasteiger partial charge in [0, 0.05) is 18.7 Å². The molecule has 0 aromatic heterocycles. The van der Waals surface area contributed by atoms with Crippen LogP contribution in [-0.4, -0.2) is 35.0 Å². The standard InChI is InChI=1S/C14H14BrNO3/c15-9-10-5-7-16(8-6-10)13(17)11-1-3-12(4-2-11)14(18)19/h1-4,9H,5-8H2,(H,18,19). The van der Waals surface area contributed by atoms with E-state index >= 15 is 0 Å². The van der Waals surface area contributed by atoms with Crippen LogP contribution in [0.4, 0.5) is 0 Å². The number of nitrogens with zero attached hydrogens (tertiary/aromatic N) is 1. The zero-order chi connectivity index (χ0) is 13.8. The fourth-order valence-electron chi connectivity index (χ4n) is 2.04. The summed E-state index contributed by atoms with van der Waals surface area (Å²) in [5.74, 6) is -1.02. The lowest BCUT2D eigenvalue weighted by Gasteiger charge is -2.28. The van der Waals surface area contributed by atoms with E-state index in [1.165, 1.54) is 17.7 Å². The number of piperidine rings is 1. The highest BCUT2D eigenvalue weighted by molar-refractivity contribution is 9.11. The number of amides is 1. The van der Waals surface area contributed by atoms with Gasteiger partial charge in [-0.25, -0.2) is 4.79 Å². The largest absolute Gasteiger partial charge is 0.478 e. The molecule has 1 aliphatic rings. The van der Waals surface area contributed by atoms with Crippen molar-refractivity contribution in [1.29, 1.82) is 0 Å². The van der Waals surface area contributed by atoms with Gasteiger partial charge in [0.25, 0.3) is 5.91 Å². The second kappa shape index (κ2) is 6.02. The molecule has 100 valence electrons. The van der Waals surface area contributed by atoms with Gasteiger partial charge in [-0.1, -0.05) is 21.5 Å². The van der Waals surface area contributed by atoms with Crippen molar-refractivity contribution in [3.05, 3.63) is 46.0 Å². The summed E-state index contributed by atoms with van der Waals surface area (Å²) in [6.45, 7) is 1.41. The fraction of sp³-hybridized carbons (Fsp3) is 0.286. The van der Waals surface area contributed by atoms with Crippen LogP contribution < -0.4 is 0 Å². The van der Waals surface area contributed by atoms with Crippen molar-refractivity contribution < 1.29 is 14.7 Å². The van der Waals surface area contributed by atoms with E-state index in [4.69, 9.17) is 5.11 Å². The van der Waals surface area contributed by atoms with Gasteiger partial charge in [0.15, 0.2) is 0 Å². The van der Waals surface area contributed by atoms with E-state index in [2.05, 4.69) is 15.9 Å². The predicted octanol–water partition coefficient (Wildman–Crippen LogP) is 2.90. The number of carboxylic acid groups (broad SMARTS) is 1. The number of benzene rings is 1. The Hall–Kier alpha value is -1.62. The number of carbonyl (C=O) groups is 2. The normalized spacial score (nSPS) is 15.2. The van der Waals surface area contributed by atoms with Gasteiger partial charge in [-0.2, -0.15) is 0 Å². The molecule has 2 rings (SSSR count). The van der Waals surface area contributed by atoms with Crippen molar-refractivity contribution in [2.24, 2.45) is 0 Å². The molecule has 1 saturated heterocycles. The highest BCUT2D eigenvalue weighted by Crippen LogP contribution is 2.19. The quantitative estimate of drug-likeness (QED) is 0.910. The van der Waals surface area contributed by atoms with Crippen molar-refractivity contribution in [3.8, 4) is 0 Å². The highest BCUT2D eigenvalue weighted by atomic mass is 79.9. The third-order valence-electron chi connectivity index (χ3n) is 3.23.